The van der Waals surface area contributed by atoms with Gasteiger partial charge in [0, 0.05) is 0 Å². The van der Waals surface area contributed by atoms with Crippen molar-refractivity contribution in [2.45, 2.75) is 0 Å². The fourth-order valence-electron chi connectivity index (χ4n) is 2.02. The third kappa shape index (κ3) is 3.75. The van der Waals surface area contributed by atoms with E-state index in [4.69, 9.17) is 16.3 Å². The molecule has 0 bridgehead atoms. The Balaban J connectivity index is 1.83. The number of halogens is 1. The zero-order chi connectivity index (χ0) is 16.2. The van der Waals surface area contributed by atoms with Gasteiger partial charge in [-0.2, -0.15) is 0 Å². The minimum absolute atomic E-state index is 0.170. The summed E-state index contributed by atoms with van der Waals surface area (Å²) in [4.78, 5) is 17.0. The van der Waals surface area contributed by atoms with Gasteiger partial charge in [0.05, 0.1) is 22.7 Å². The maximum absolute atomic E-state index is 12.0. The van der Waals surface area contributed by atoms with E-state index in [2.05, 4.69) is 10.3 Å². The van der Waals surface area contributed by atoms with Crippen molar-refractivity contribution in [2.24, 2.45) is 4.99 Å². The Bertz CT molecular complexity index is 803. The molecular formula is C17H13ClN2O2S. The van der Waals surface area contributed by atoms with Gasteiger partial charge in [-0.3, -0.25) is 4.79 Å². The summed E-state index contributed by atoms with van der Waals surface area (Å²) in [5.74, 6) is 0.431. The lowest BCUT2D eigenvalue weighted by Gasteiger charge is -2.03. The normalized spacial score (nSPS) is 17.6. The highest BCUT2D eigenvalue weighted by molar-refractivity contribution is 8.18. The molecular weight excluding hydrogens is 332 g/mol. The number of hydrogen-bond acceptors (Lipinski definition) is 4. The van der Waals surface area contributed by atoms with E-state index in [1.807, 2.05) is 36.4 Å². The van der Waals surface area contributed by atoms with Crippen molar-refractivity contribution in [1.29, 1.82) is 0 Å². The third-order valence-electron chi connectivity index (χ3n) is 3.11. The average Bonchev–Trinajstić information content (AvgIpc) is 2.88. The van der Waals surface area contributed by atoms with Gasteiger partial charge in [-0.1, -0.05) is 35.9 Å². The number of nitrogens with one attached hydrogen (secondary N) is 1. The maximum atomic E-state index is 12.0. The first-order chi connectivity index (χ1) is 11.2. The van der Waals surface area contributed by atoms with Gasteiger partial charge in [0.25, 0.3) is 5.91 Å². The first-order valence-corrected chi connectivity index (χ1v) is 8.03. The number of hydrogen-bond donors (Lipinski definition) is 1. The van der Waals surface area contributed by atoms with Crippen LogP contribution in [0.15, 0.2) is 58.4 Å². The lowest BCUT2D eigenvalue weighted by Crippen LogP contribution is -2.19. The van der Waals surface area contributed by atoms with Crippen molar-refractivity contribution in [3.63, 3.8) is 0 Å². The van der Waals surface area contributed by atoms with E-state index in [0.29, 0.717) is 20.8 Å². The van der Waals surface area contributed by atoms with Crippen LogP contribution in [0.2, 0.25) is 5.02 Å². The Kier molecular flexibility index (Phi) is 4.69. The molecule has 23 heavy (non-hydrogen) atoms. The highest BCUT2D eigenvalue weighted by Gasteiger charge is 2.23. The zero-order valence-electron chi connectivity index (χ0n) is 12.2. The van der Waals surface area contributed by atoms with E-state index in [1.165, 1.54) is 11.8 Å². The SMILES string of the molecule is COc1ccc(/C=C2\SC(=Nc3ccccc3)NC2=O)cc1Cl. The summed E-state index contributed by atoms with van der Waals surface area (Å²) in [7, 11) is 1.56. The number of amides is 1. The molecule has 3 rings (SSSR count). The van der Waals surface area contributed by atoms with E-state index >= 15 is 0 Å². The Morgan fingerprint density at radius 1 is 1.22 bits per heavy atom. The monoisotopic (exact) mass is 344 g/mol. The van der Waals surface area contributed by atoms with Crippen LogP contribution >= 0.6 is 23.4 Å². The minimum atomic E-state index is -0.170. The van der Waals surface area contributed by atoms with E-state index in [9.17, 15) is 4.79 Å². The topological polar surface area (TPSA) is 50.7 Å². The Morgan fingerprint density at radius 3 is 2.70 bits per heavy atom. The molecule has 2 aromatic carbocycles. The van der Waals surface area contributed by atoms with Gasteiger partial charge in [-0.15, -0.1) is 0 Å². The molecule has 1 saturated heterocycles. The summed E-state index contributed by atoms with van der Waals surface area (Å²) < 4.78 is 5.12. The Morgan fingerprint density at radius 2 is 2.00 bits per heavy atom. The molecule has 2 aromatic rings. The molecule has 0 saturated carbocycles. The molecule has 0 spiro atoms. The quantitative estimate of drug-likeness (QED) is 0.847. The number of carbonyl (C=O) groups is 1. The molecule has 1 amide bonds. The van der Waals surface area contributed by atoms with Crippen molar-refractivity contribution in [2.75, 3.05) is 7.11 Å². The van der Waals surface area contributed by atoms with Gasteiger partial charge in [-0.25, -0.2) is 4.99 Å². The molecule has 4 nitrogen and oxygen atoms in total. The van der Waals surface area contributed by atoms with E-state index in [-0.39, 0.29) is 5.91 Å². The minimum Gasteiger partial charge on any atom is -0.495 e. The summed E-state index contributed by atoms with van der Waals surface area (Å²) in [6.07, 6.45) is 1.78. The fourth-order valence-corrected chi connectivity index (χ4v) is 3.13. The van der Waals surface area contributed by atoms with E-state index in [1.54, 1.807) is 25.3 Å². The summed E-state index contributed by atoms with van der Waals surface area (Å²) in [5, 5.41) is 3.82. The van der Waals surface area contributed by atoms with Crippen LogP contribution in [0, 0.1) is 0 Å². The molecule has 1 aliphatic heterocycles. The van der Waals surface area contributed by atoms with Crippen LogP contribution < -0.4 is 10.1 Å². The second-order valence-corrected chi connectivity index (χ2v) is 6.15. The summed E-state index contributed by atoms with van der Waals surface area (Å²) in [6.45, 7) is 0. The summed E-state index contributed by atoms with van der Waals surface area (Å²) in [5.41, 5.74) is 1.62. The highest BCUT2D eigenvalue weighted by Crippen LogP contribution is 2.30. The van der Waals surface area contributed by atoms with Crippen LogP contribution in [0.4, 0.5) is 5.69 Å². The smallest absolute Gasteiger partial charge is 0.264 e. The molecule has 1 heterocycles. The molecule has 1 aliphatic rings. The first-order valence-electron chi connectivity index (χ1n) is 6.84. The van der Waals surface area contributed by atoms with Crippen molar-refractivity contribution < 1.29 is 9.53 Å². The van der Waals surface area contributed by atoms with Crippen LogP contribution in [0.5, 0.6) is 5.75 Å². The number of carbonyl (C=O) groups excluding carboxylic acids is 1. The highest BCUT2D eigenvalue weighted by atomic mass is 35.5. The number of ether oxygens (including phenoxy) is 1. The Hall–Kier alpha value is -2.24. The molecule has 1 fully saturated rings. The largest absolute Gasteiger partial charge is 0.495 e. The number of thioether (sulfide) groups is 1. The van der Waals surface area contributed by atoms with Crippen molar-refractivity contribution >= 4 is 46.2 Å². The van der Waals surface area contributed by atoms with Crippen LogP contribution in [0.1, 0.15) is 5.56 Å². The summed E-state index contributed by atoms with van der Waals surface area (Å²) in [6, 6.07) is 14.8. The van der Waals surface area contributed by atoms with Crippen molar-refractivity contribution in [1.82, 2.24) is 5.32 Å². The van der Waals surface area contributed by atoms with Gasteiger partial charge < -0.3 is 10.1 Å². The van der Waals surface area contributed by atoms with Crippen molar-refractivity contribution in [3.8, 4) is 5.75 Å². The number of para-hydroxylation sites is 1. The summed E-state index contributed by atoms with van der Waals surface area (Å²) >= 11 is 7.40. The zero-order valence-corrected chi connectivity index (χ0v) is 13.8. The fraction of sp³-hybridized carbons (Fsp3) is 0.0588. The van der Waals surface area contributed by atoms with Gasteiger partial charge in [0.1, 0.15) is 5.75 Å². The van der Waals surface area contributed by atoms with Gasteiger partial charge in [-0.05, 0) is 47.7 Å². The molecule has 0 aliphatic carbocycles. The lowest BCUT2D eigenvalue weighted by atomic mass is 10.2. The van der Waals surface area contributed by atoms with Crippen LogP contribution in [-0.2, 0) is 4.79 Å². The number of benzene rings is 2. The van der Waals surface area contributed by atoms with Gasteiger partial charge in [0.2, 0.25) is 0 Å². The van der Waals surface area contributed by atoms with Crippen molar-refractivity contribution in [3.05, 3.63) is 64.0 Å². The van der Waals surface area contributed by atoms with Gasteiger partial charge in [0.15, 0.2) is 5.17 Å². The van der Waals surface area contributed by atoms with Crippen LogP contribution in [0.25, 0.3) is 6.08 Å². The Labute approximate surface area is 143 Å². The number of amidine groups is 1. The molecule has 1 N–H and O–H groups in total. The van der Waals surface area contributed by atoms with Crippen LogP contribution in [-0.4, -0.2) is 18.2 Å². The number of methoxy groups -OCH3 is 1. The molecule has 6 heteroatoms. The third-order valence-corrected chi connectivity index (χ3v) is 4.32. The number of aliphatic imine (C=N–C) groups is 1. The first kappa shape index (κ1) is 15.6. The second kappa shape index (κ2) is 6.89. The maximum Gasteiger partial charge on any atom is 0.264 e. The second-order valence-electron chi connectivity index (χ2n) is 4.71. The lowest BCUT2D eigenvalue weighted by molar-refractivity contribution is -0.115. The van der Waals surface area contributed by atoms with Gasteiger partial charge >= 0.3 is 0 Å². The average molecular weight is 345 g/mol. The van der Waals surface area contributed by atoms with E-state index in [0.717, 1.165) is 11.3 Å². The number of rotatable bonds is 3. The molecule has 0 atom stereocenters. The molecule has 0 unspecified atom stereocenters. The molecule has 116 valence electrons. The predicted molar refractivity (Wildman–Crippen MR) is 95.3 cm³/mol. The van der Waals surface area contributed by atoms with Crippen LogP contribution in [0.3, 0.4) is 0 Å². The predicted octanol–water partition coefficient (Wildman–Crippen LogP) is 4.24. The number of nitrogens with zero attached hydrogens (tertiary/aromatic N) is 1. The standard InChI is InChI=1S/C17H13ClN2O2S/c1-22-14-8-7-11(9-13(14)18)10-15-16(21)20-17(23-15)19-12-5-3-2-4-6-12/h2-10H,1H3,(H,19,20,21)/b15-10-. The van der Waals surface area contributed by atoms with E-state index < -0.39 is 0 Å². The molecule has 0 radical (unpaired) electrons. The molecule has 0 aromatic heterocycles.